The van der Waals surface area contributed by atoms with Crippen LogP contribution in [0.25, 0.3) is 0 Å². The van der Waals surface area contributed by atoms with Crippen molar-refractivity contribution in [2.24, 2.45) is 0 Å². The van der Waals surface area contributed by atoms with E-state index < -0.39 is 0 Å². The Morgan fingerprint density at radius 2 is 1.25 bits per heavy atom. The fraction of sp³-hybridized carbons (Fsp3) is 0. The molecule has 0 atom stereocenters. The van der Waals surface area contributed by atoms with E-state index in [-0.39, 0.29) is 26.2 Å². The van der Waals surface area contributed by atoms with E-state index in [2.05, 4.69) is 27.6 Å². The van der Waals surface area contributed by atoms with Crippen molar-refractivity contribution in [1.29, 1.82) is 0 Å². The molecular weight excluding hydrogens is 178 g/mol. The summed E-state index contributed by atoms with van der Waals surface area (Å²) in [7, 11) is 0. The minimum absolute atomic E-state index is 0. The van der Waals surface area contributed by atoms with E-state index in [1.165, 1.54) is 0 Å². The Morgan fingerprint density at radius 1 is 1.25 bits per heavy atom. The molecule has 0 aromatic heterocycles. The van der Waals surface area contributed by atoms with Gasteiger partial charge in [0.15, 0.2) is 0 Å². The van der Waals surface area contributed by atoms with Crippen LogP contribution in [0.15, 0.2) is 0 Å². The predicted molar refractivity (Wildman–Crippen MR) is 12.8 cm³/mol. The van der Waals surface area contributed by atoms with Gasteiger partial charge in [-0.25, -0.2) is 0 Å². The van der Waals surface area contributed by atoms with E-state index in [1.54, 1.807) is 0 Å². The molecule has 0 aliphatic heterocycles. The molecule has 0 fully saturated rings. The topological polar surface area (TPSA) is 9.23 Å². The zero-order chi connectivity index (χ0) is 2.71. The molecule has 4 heavy (non-hydrogen) atoms. The first-order chi connectivity index (χ1) is 1.41. The summed E-state index contributed by atoms with van der Waals surface area (Å²) in [5.41, 5.74) is 0. The summed E-state index contributed by atoms with van der Waals surface area (Å²) >= 11 is 8.53. The van der Waals surface area contributed by atoms with Gasteiger partial charge in [0.25, 0.3) is 0 Å². The summed E-state index contributed by atoms with van der Waals surface area (Å²) in [5, 5.41) is 0. The molecular formula is Cl2OZr+2. The van der Waals surface area contributed by atoms with Crippen LogP contribution < -0.4 is 0 Å². The van der Waals surface area contributed by atoms with Crippen LogP contribution in [0, 0.1) is 0 Å². The fourth-order valence-corrected chi connectivity index (χ4v) is 0. The van der Waals surface area contributed by atoms with Crippen LogP contribution in [-0.2, 0) is 30.0 Å². The van der Waals surface area contributed by atoms with E-state index in [0.717, 1.165) is 0 Å². The monoisotopic (exact) mass is 176 g/mol. The fourth-order valence-electron chi connectivity index (χ4n) is 0. The van der Waals surface area contributed by atoms with Crippen LogP contribution in [-0.4, -0.2) is 0 Å². The Labute approximate surface area is 53.7 Å². The molecule has 0 spiro atoms. The zero-order valence-electron chi connectivity index (χ0n) is 1.66. The van der Waals surface area contributed by atoms with Crippen molar-refractivity contribution in [3.05, 3.63) is 0 Å². The Balaban J connectivity index is 0. The summed E-state index contributed by atoms with van der Waals surface area (Å²) in [6.45, 7) is 0. The van der Waals surface area contributed by atoms with Gasteiger partial charge in [0.05, 0.1) is 23.7 Å². The SMILES string of the molecule is ClOCl.[Zr+2]. The molecule has 0 amide bonds. The maximum Gasteiger partial charge on any atom is 2.00 e. The molecule has 0 aliphatic rings. The average Bonchev–Trinajstić information content (AvgIpc) is 0.918. The van der Waals surface area contributed by atoms with E-state index in [0.29, 0.717) is 0 Å². The Hall–Kier alpha value is 1.42. The van der Waals surface area contributed by atoms with Gasteiger partial charge in [0, 0.05) is 0 Å². The maximum absolute atomic E-state index is 4.26. The predicted octanol–water partition coefficient (Wildman–Crippen LogP) is 1.31. The number of halogens is 2. The minimum atomic E-state index is 0. The van der Waals surface area contributed by atoms with E-state index in [4.69, 9.17) is 0 Å². The van der Waals surface area contributed by atoms with Gasteiger partial charge in [-0.1, -0.05) is 0 Å². The smallest absolute Gasteiger partial charge is 0.166 e. The molecule has 0 rings (SSSR count). The van der Waals surface area contributed by atoms with Crippen molar-refractivity contribution in [2.45, 2.75) is 0 Å². The molecule has 0 radical (unpaired) electrons. The summed E-state index contributed by atoms with van der Waals surface area (Å²) in [6.07, 6.45) is 0. The van der Waals surface area contributed by atoms with Crippen molar-refractivity contribution < 1.29 is 30.0 Å². The summed E-state index contributed by atoms with van der Waals surface area (Å²) in [4.78, 5) is 0. The first kappa shape index (κ1) is 9.05. The molecule has 0 bridgehead atoms. The van der Waals surface area contributed by atoms with Crippen LogP contribution in [0.1, 0.15) is 0 Å². The van der Waals surface area contributed by atoms with Crippen molar-refractivity contribution >= 4 is 23.7 Å². The average molecular weight is 178 g/mol. The van der Waals surface area contributed by atoms with Crippen molar-refractivity contribution in [1.82, 2.24) is 0 Å². The van der Waals surface area contributed by atoms with E-state index in [9.17, 15) is 0 Å². The summed E-state index contributed by atoms with van der Waals surface area (Å²) < 4.78 is 3.19. The molecule has 0 saturated carbocycles. The first-order valence-corrected chi connectivity index (χ1v) is 0.926. The number of hydrogen-bond donors (Lipinski definition) is 0. The van der Waals surface area contributed by atoms with Gasteiger partial charge in [0.2, 0.25) is 0 Å². The van der Waals surface area contributed by atoms with Crippen LogP contribution >= 0.6 is 23.7 Å². The third-order valence-electron chi connectivity index (χ3n) is 0. The second-order valence-electron chi connectivity index (χ2n) is 0.0583. The Morgan fingerprint density at radius 3 is 1.25 bits per heavy atom. The van der Waals surface area contributed by atoms with Gasteiger partial charge in [0.1, 0.15) is 0 Å². The van der Waals surface area contributed by atoms with Crippen LogP contribution in [0.4, 0.5) is 0 Å². The summed E-state index contributed by atoms with van der Waals surface area (Å²) in [6, 6.07) is 0. The zero-order valence-corrected chi connectivity index (χ0v) is 5.63. The molecule has 0 unspecified atom stereocenters. The van der Waals surface area contributed by atoms with Gasteiger partial charge in [-0.15, -0.1) is 0 Å². The quantitative estimate of drug-likeness (QED) is 0.543. The third-order valence-corrected chi connectivity index (χ3v) is 0. The van der Waals surface area contributed by atoms with Crippen LogP contribution in [0.2, 0.25) is 0 Å². The van der Waals surface area contributed by atoms with Gasteiger partial charge in [-0.05, 0) is 0 Å². The molecule has 22 valence electrons. The number of hydrogen-bond acceptors (Lipinski definition) is 1. The van der Waals surface area contributed by atoms with E-state index in [1.807, 2.05) is 0 Å². The Kier molecular flexibility index (Phi) is 20.0. The van der Waals surface area contributed by atoms with Gasteiger partial charge in [-0.2, -0.15) is 3.84 Å². The standard InChI is InChI=1S/Cl2O.Zr/c1-3-2;/q;+2. The first-order valence-electron chi connectivity index (χ1n) is 0.309. The van der Waals surface area contributed by atoms with Gasteiger partial charge in [-0.3, -0.25) is 0 Å². The normalized spacial score (nSPS) is 4.50. The molecule has 1 nitrogen and oxygen atoms in total. The molecule has 0 heterocycles. The van der Waals surface area contributed by atoms with Crippen molar-refractivity contribution in [3.63, 3.8) is 0 Å². The van der Waals surface area contributed by atoms with Crippen LogP contribution in [0.5, 0.6) is 0 Å². The third kappa shape index (κ3) is 9.92. The largest absolute Gasteiger partial charge is 2.00 e. The van der Waals surface area contributed by atoms with Crippen LogP contribution in [0.3, 0.4) is 0 Å². The molecule has 4 heteroatoms. The molecule has 0 aliphatic carbocycles. The van der Waals surface area contributed by atoms with Gasteiger partial charge < -0.3 is 0 Å². The number of rotatable bonds is 0. The van der Waals surface area contributed by atoms with Crippen molar-refractivity contribution in [2.75, 3.05) is 0 Å². The minimum Gasteiger partial charge on any atom is -0.166 e. The van der Waals surface area contributed by atoms with E-state index >= 15 is 0 Å². The molecule has 0 aromatic carbocycles. The van der Waals surface area contributed by atoms with Crippen molar-refractivity contribution in [3.8, 4) is 0 Å². The maximum atomic E-state index is 4.26. The second kappa shape index (κ2) is 8.83. The molecule has 0 saturated heterocycles. The second-order valence-corrected chi connectivity index (χ2v) is 0.525. The van der Waals surface area contributed by atoms with Gasteiger partial charge >= 0.3 is 26.2 Å². The molecule has 0 N–H and O–H groups in total. The summed E-state index contributed by atoms with van der Waals surface area (Å²) in [5.74, 6) is 0. The Bertz CT molecular complexity index is 6.00. The molecule has 0 aromatic rings.